The Morgan fingerprint density at radius 3 is 0.807 bits per heavy atom. The molecule has 0 heterocycles. The first-order valence-corrected chi connectivity index (χ1v) is 40.9. The number of aliphatic hydroxyl groups is 2. The Labute approximate surface area is 552 Å². The monoisotopic (exact) mass is 1240 g/mol. The van der Waals surface area contributed by atoms with Crippen LogP contribution in [0.4, 0.5) is 0 Å². The molecule has 0 saturated heterocycles. The minimum Gasteiger partial charge on any atom is -0.466 e. The molecule has 0 aromatic carbocycles. The van der Waals surface area contributed by atoms with Gasteiger partial charge >= 0.3 is 5.97 Å². The lowest BCUT2D eigenvalue weighted by molar-refractivity contribution is -0.143. The van der Waals surface area contributed by atoms with Gasteiger partial charge in [0.1, 0.15) is 0 Å². The smallest absolute Gasteiger partial charge is 0.305 e. The molecule has 3 N–H and O–H groups in total. The first-order valence-electron chi connectivity index (χ1n) is 40.9. The van der Waals surface area contributed by atoms with Gasteiger partial charge in [0.25, 0.3) is 0 Å². The van der Waals surface area contributed by atoms with Crippen LogP contribution in [0.5, 0.6) is 0 Å². The molecule has 0 aromatic heterocycles. The fraction of sp³-hybridized carbons (Fsp3) is 0.951. The summed E-state index contributed by atoms with van der Waals surface area (Å²) in [6.45, 7) is 5.00. The van der Waals surface area contributed by atoms with Crippen LogP contribution < -0.4 is 5.32 Å². The van der Waals surface area contributed by atoms with Gasteiger partial charge in [0.05, 0.1) is 25.4 Å². The molecule has 0 rings (SSSR count). The van der Waals surface area contributed by atoms with Crippen molar-refractivity contribution in [2.24, 2.45) is 0 Å². The van der Waals surface area contributed by atoms with Crippen molar-refractivity contribution in [3.63, 3.8) is 0 Å². The van der Waals surface area contributed by atoms with Crippen LogP contribution in [0.15, 0.2) is 12.2 Å². The maximum Gasteiger partial charge on any atom is 0.305 e. The van der Waals surface area contributed by atoms with Crippen LogP contribution in [0.2, 0.25) is 0 Å². The van der Waals surface area contributed by atoms with E-state index >= 15 is 0 Å². The Hall–Kier alpha value is -1.40. The number of rotatable bonds is 78. The van der Waals surface area contributed by atoms with Crippen LogP contribution in [-0.2, 0) is 14.3 Å². The molecule has 0 aliphatic rings. The zero-order valence-corrected chi connectivity index (χ0v) is 60.3. The highest BCUT2D eigenvalue weighted by Gasteiger charge is 2.20. The molecule has 6 heteroatoms. The van der Waals surface area contributed by atoms with Crippen LogP contribution >= 0.6 is 0 Å². The first kappa shape index (κ1) is 86.6. The molecular formula is C82H161NO5. The Kier molecular flexibility index (Phi) is 76.8. The fourth-order valence-corrected chi connectivity index (χ4v) is 13.3. The molecular weight excluding hydrogens is 1080 g/mol. The molecule has 0 aromatic rings. The fourth-order valence-electron chi connectivity index (χ4n) is 13.3. The number of esters is 1. The Bertz CT molecular complexity index is 1340. The number of nitrogens with one attached hydrogen (secondary N) is 1. The lowest BCUT2D eigenvalue weighted by Crippen LogP contribution is -2.45. The average molecular weight is 1240 g/mol. The first-order chi connectivity index (χ1) is 43.5. The highest BCUT2D eigenvalue weighted by Crippen LogP contribution is 2.21. The molecule has 0 spiro atoms. The van der Waals surface area contributed by atoms with E-state index in [1.54, 1.807) is 0 Å². The van der Waals surface area contributed by atoms with Gasteiger partial charge in [0, 0.05) is 12.8 Å². The third kappa shape index (κ3) is 73.6. The number of carbonyl (C=O) groups excluding carboxylic acids is 2. The number of ether oxygens (including phenoxy) is 1. The average Bonchev–Trinajstić information content (AvgIpc) is 3.58. The second-order valence-electron chi connectivity index (χ2n) is 28.5. The summed E-state index contributed by atoms with van der Waals surface area (Å²) in [5.41, 5.74) is 0. The van der Waals surface area contributed by atoms with Crippen molar-refractivity contribution in [1.82, 2.24) is 5.32 Å². The zero-order valence-electron chi connectivity index (χ0n) is 60.3. The van der Waals surface area contributed by atoms with Gasteiger partial charge < -0.3 is 20.3 Å². The van der Waals surface area contributed by atoms with E-state index in [4.69, 9.17) is 4.74 Å². The normalized spacial score (nSPS) is 12.5. The molecule has 2 unspecified atom stereocenters. The number of hydrogen-bond donors (Lipinski definition) is 3. The zero-order chi connectivity index (χ0) is 63.5. The minimum atomic E-state index is -0.660. The van der Waals surface area contributed by atoms with E-state index in [0.717, 1.165) is 44.9 Å². The summed E-state index contributed by atoms with van der Waals surface area (Å²) in [6.07, 6.45) is 99.0. The summed E-state index contributed by atoms with van der Waals surface area (Å²) in [7, 11) is 0. The predicted octanol–water partition coefficient (Wildman–Crippen LogP) is 27.1. The maximum atomic E-state index is 12.6. The second kappa shape index (κ2) is 78.0. The minimum absolute atomic E-state index is 0.0159. The summed E-state index contributed by atoms with van der Waals surface area (Å²) in [5, 5.41) is 23.5. The Morgan fingerprint density at radius 2 is 0.534 bits per heavy atom. The number of allylic oxidation sites excluding steroid dienone is 2. The number of hydrogen-bond acceptors (Lipinski definition) is 5. The van der Waals surface area contributed by atoms with Crippen LogP contribution in [-0.4, -0.2) is 47.4 Å². The lowest BCUT2D eigenvalue weighted by Gasteiger charge is -2.22. The second-order valence-corrected chi connectivity index (χ2v) is 28.5. The van der Waals surface area contributed by atoms with Gasteiger partial charge in [-0.25, -0.2) is 0 Å². The largest absolute Gasteiger partial charge is 0.466 e. The Morgan fingerprint density at radius 1 is 0.307 bits per heavy atom. The summed E-state index contributed by atoms with van der Waals surface area (Å²) in [4.78, 5) is 24.6. The van der Waals surface area contributed by atoms with Crippen molar-refractivity contribution in [2.75, 3.05) is 13.2 Å². The molecule has 524 valence electrons. The van der Waals surface area contributed by atoms with Gasteiger partial charge in [0.2, 0.25) is 5.91 Å². The molecule has 0 saturated carbocycles. The van der Waals surface area contributed by atoms with Crippen molar-refractivity contribution in [2.45, 2.75) is 488 Å². The van der Waals surface area contributed by atoms with Gasteiger partial charge in [-0.15, -0.1) is 0 Å². The topological polar surface area (TPSA) is 95.9 Å². The molecule has 1 amide bonds. The maximum absolute atomic E-state index is 12.6. The molecule has 0 radical (unpaired) electrons. The summed E-state index contributed by atoms with van der Waals surface area (Å²) < 4.78 is 5.50. The van der Waals surface area contributed by atoms with E-state index in [1.165, 1.54) is 398 Å². The van der Waals surface area contributed by atoms with Crippen LogP contribution in [0.25, 0.3) is 0 Å². The van der Waals surface area contributed by atoms with E-state index in [2.05, 4.69) is 31.3 Å². The third-order valence-corrected chi connectivity index (χ3v) is 19.6. The summed E-state index contributed by atoms with van der Waals surface area (Å²) in [5.74, 6) is -0.00765. The molecule has 0 bridgehead atoms. The van der Waals surface area contributed by atoms with E-state index < -0.39 is 12.1 Å². The number of unbranched alkanes of at least 4 members (excludes halogenated alkanes) is 65. The van der Waals surface area contributed by atoms with Crippen molar-refractivity contribution in [1.29, 1.82) is 0 Å². The van der Waals surface area contributed by atoms with Crippen LogP contribution in [0.1, 0.15) is 476 Å². The van der Waals surface area contributed by atoms with E-state index in [1.807, 2.05) is 0 Å². The molecule has 88 heavy (non-hydrogen) atoms. The van der Waals surface area contributed by atoms with Gasteiger partial charge in [-0.05, 0) is 51.4 Å². The van der Waals surface area contributed by atoms with Gasteiger partial charge in [-0.1, -0.05) is 424 Å². The van der Waals surface area contributed by atoms with Crippen molar-refractivity contribution in [3.8, 4) is 0 Å². The highest BCUT2D eigenvalue weighted by atomic mass is 16.5. The highest BCUT2D eigenvalue weighted by molar-refractivity contribution is 5.76. The van der Waals surface area contributed by atoms with Crippen molar-refractivity contribution < 1.29 is 24.5 Å². The standard InChI is InChI=1S/C82H161NO5/c1-3-5-7-9-11-13-15-17-19-20-21-41-44-47-50-54-58-62-66-70-74-80(85)79(78-84)83-81(86)75-71-67-63-59-55-51-48-45-42-39-37-35-33-31-29-27-25-23-22-24-26-28-30-32-34-36-38-40-43-46-49-53-57-61-65-69-73-77-88-82(87)76-72-68-64-60-56-52-18-16-14-12-10-8-6-4-2/h16,18,79-80,84-85H,3-15,17,19-78H2,1-2H3,(H,83,86)/b18-16-. The number of amides is 1. The summed E-state index contributed by atoms with van der Waals surface area (Å²) >= 11 is 0. The predicted molar refractivity (Wildman–Crippen MR) is 389 cm³/mol. The van der Waals surface area contributed by atoms with Crippen molar-refractivity contribution >= 4 is 11.9 Å². The molecule has 0 fully saturated rings. The Balaban J connectivity index is 3.30. The van der Waals surface area contributed by atoms with Gasteiger partial charge in [0.15, 0.2) is 0 Å². The summed E-state index contributed by atoms with van der Waals surface area (Å²) in [6, 6.07) is -0.537. The number of aliphatic hydroxyl groups excluding tert-OH is 2. The third-order valence-electron chi connectivity index (χ3n) is 19.6. The van der Waals surface area contributed by atoms with E-state index in [9.17, 15) is 19.8 Å². The molecule has 6 nitrogen and oxygen atoms in total. The SMILES string of the molecule is CCCCCCC/C=C\CCCCCCCC(=O)OCCCCCCCCCCCCCCCCCCCCCCCCCCCCCCCCCCCCCCCC(=O)NC(CO)C(O)CCCCCCCCCCCCCCCCCCCCCC. The lowest BCUT2D eigenvalue weighted by atomic mass is 10.0. The van der Waals surface area contributed by atoms with Crippen LogP contribution in [0, 0.1) is 0 Å². The van der Waals surface area contributed by atoms with E-state index in [0.29, 0.717) is 25.9 Å². The number of carbonyl (C=O) groups is 2. The molecule has 2 atom stereocenters. The quantitative estimate of drug-likeness (QED) is 0.0320. The van der Waals surface area contributed by atoms with E-state index in [-0.39, 0.29) is 18.5 Å². The van der Waals surface area contributed by atoms with Crippen molar-refractivity contribution in [3.05, 3.63) is 12.2 Å². The van der Waals surface area contributed by atoms with Crippen LogP contribution in [0.3, 0.4) is 0 Å². The van der Waals surface area contributed by atoms with Gasteiger partial charge in [-0.2, -0.15) is 0 Å². The van der Waals surface area contributed by atoms with Gasteiger partial charge in [-0.3, -0.25) is 9.59 Å². The molecule has 0 aliphatic carbocycles. The molecule has 0 aliphatic heterocycles.